The van der Waals surface area contributed by atoms with Crippen molar-refractivity contribution in [2.75, 3.05) is 5.73 Å². The van der Waals surface area contributed by atoms with E-state index in [4.69, 9.17) is 5.73 Å². The van der Waals surface area contributed by atoms with Crippen LogP contribution >= 0.6 is 15.9 Å². The number of hydrogen-bond acceptors (Lipinski definition) is 2. The van der Waals surface area contributed by atoms with E-state index in [1.807, 2.05) is 0 Å². The molecule has 0 aromatic heterocycles. The number of benzene rings is 2. The van der Waals surface area contributed by atoms with Crippen LogP contribution in [0.2, 0.25) is 0 Å². The van der Waals surface area contributed by atoms with Gasteiger partial charge in [-0.3, -0.25) is 4.21 Å². The Morgan fingerprint density at radius 2 is 1.89 bits per heavy atom. The molecular formula is C13H10BrF2NOS. The van der Waals surface area contributed by atoms with Crippen LogP contribution in [-0.4, -0.2) is 4.21 Å². The zero-order chi connectivity index (χ0) is 14.0. The summed E-state index contributed by atoms with van der Waals surface area (Å²) in [6.45, 7) is 0. The average molecular weight is 346 g/mol. The molecular weight excluding hydrogens is 336 g/mol. The summed E-state index contributed by atoms with van der Waals surface area (Å²) in [5.74, 6) is -0.927. The predicted molar refractivity (Wildman–Crippen MR) is 75.0 cm³/mol. The number of anilines is 1. The van der Waals surface area contributed by atoms with Crippen LogP contribution in [0.1, 0.15) is 5.56 Å². The first-order chi connectivity index (χ1) is 8.99. The molecule has 2 aromatic rings. The van der Waals surface area contributed by atoms with Gasteiger partial charge in [0.1, 0.15) is 11.6 Å². The Morgan fingerprint density at radius 3 is 2.58 bits per heavy atom. The molecule has 0 saturated carbocycles. The van der Waals surface area contributed by atoms with E-state index in [9.17, 15) is 13.0 Å². The molecule has 0 bridgehead atoms. The molecule has 0 amide bonds. The molecule has 1 atom stereocenters. The largest absolute Gasteiger partial charge is 0.396 e. The molecule has 1 unspecified atom stereocenters. The third-order valence-corrected chi connectivity index (χ3v) is 4.79. The van der Waals surface area contributed by atoms with E-state index in [1.165, 1.54) is 24.3 Å². The maximum atomic E-state index is 13.3. The lowest BCUT2D eigenvalue weighted by atomic mass is 10.2. The van der Waals surface area contributed by atoms with Gasteiger partial charge in [0.2, 0.25) is 0 Å². The normalized spacial score (nSPS) is 12.4. The topological polar surface area (TPSA) is 43.1 Å². The molecule has 2 N–H and O–H groups in total. The zero-order valence-electron chi connectivity index (χ0n) is 9.70. The van der Waals surface area contributed by atoms with Crippen molar-refractivity contribution in [3.05, 3.63) is 58.1 Å². The van der Waals surface area contributed by atoms with Gasteiger partial charge in [-0.15, -0.1) is 0 Å². The van der Waals surface area contributed by atoms with Crippen LogP contribution in [-0.2, 0) is 16.6 Å². The van der Waals surface area contributed by atoms with Crippen molar-refractivity contribution < 1.29 is 13.0 Å². The van der Waals surface area contributed by atoms with Gasteiger partial charge < -0.3 is 5.73 Å². The minimum Gasteiger partial charge on any atom is -0.396 e. The minimum absolute atomic E-state index is 0.00712. The average Bonchev–Trinajstić information content (AvgIpc) is 2.38. The maximum Gasteiger partial charge on any atom is 0.147 e. The van der Waals surface area contributed by atoms with Gasteiger partial charge in [0.05, 0.1) is 26.7 Å². The van der Waals surface area contributed by atoms with Gasteiger partial charge in [-0.1, -0.05) is 12.1 Å². The van der Waals surface area contributed by atoms with Crippen LogP contribution in [0.4, 0.5) is 14.5 Å². The fourth-order valence-electron chi connectivity index (χ4n) is 1.53. The first-order valence-electron chi connectivity index (χ1n) is 5.35. The van der Waals surface area contributed by atoms with E-state index in [1.54, 1.807) is 6.07 Å². The van der Waals surface area contributed by atoms with Crippen molar-refractivity contribution in [1.82, 2.24) is 0 Å². The molecule has 0 aliphatic carbocycles. The van der Waals surface area contributed by atoms with Gasteiger partial charge in [0.15, 0.2) is 0 Å². The summed E-state index contributed by atoms with van der Waals surface area (Å²) in [5.41, 5.74) is 5.93. The number of halogens is 3. The van der Waals surface area contributed by atoms with Crippen molar-refractivity contribution >= 4 is 32.4 Å². The Hall–Kier alpha value is -1.27. The fraction of sp³-hybridized carbons (Fsp3) is 0.0769. The first-order valence-corrected chi connectivity index (χ1v) is 7.46. The van der Waals surface area contributed by atoms with Gasteiger partial charge >= 0.3 is 0 Å². The van der Waals surface area contributed by atoms with E-state index >= 15 is 0 Å². The van der Waals surface area contributed by atoms with Gasteiger partial charge in [0.25, 0.3) is 0 Å². The lowest BCUT2D eigenvalue weighted by Crippen LogP contribution is -2.00. The zero-order valence-corrected chi connectivity index (χ0v) is 12.1. The highest BCUT2D eigenvalue weighted by Gasteiger charge is 2.12. The first kappa shape index (κ1) is 14.1. The Balaban J connectivity index is 2.26. The Kier molecular flexibility index (Phi) is 4.31. The third kappa shape index (κ3) is 3.19. The molecule has 0 spiro atoms. The second-order valence-corrected chi connectivity index (χ2v) is 6.13. The molecule has 100 valence electrons. The molecule has 6 heteroatoms. The second kappa shape index (κ2) is 5.79. The van der Waals surface area contributed by atoms with E-state index in [-0.39, 0.29) is 15.9 Å². The van der Waals surface area contributed by atoms with E-state index in [0.717, 1.165) is 6.07 Å². The van der Waals surface area contributed by atoms with Crippen LogP contribution < -0.4 is 5.73 Å². The summed E-state index contributed by atoms with van der Waals surface area (Å²) in [6, 6.07) is 8.51. The highest BCUT2D eigenvalue weighted by molar-refractivity contribution is 9.10. The van der Waals surface area contributed by atoms with E-state index in [2.05, 4.69) is 15.9 Å². The summed E-state index contributed by atoms with van der Waals surface area (Å²) >= 11 is 3.10. The van der Waals surface area contributed by atoms with Crippen molar-refractivity contribution in [2.24, 2.45) is 0 Å². The molecule has 2 rings (SSSR count). The number of nitrogens with two attached hydrogens (primary N) is 1. The summed E-state index contributed by atoms with van der Waals surface area (Å²) < 4.78 is 39.0. The highest BCUT2D eigenvalue weighted by Crippen LogP contribution is 2.24. The van der Waals surface area contributed by atoms with Gasteiger partial charge in [-0.05, 0) is 45.8 Å². The van der Waals surface area contributed by atoms with E-state index in [0.29, 0.717) is 10.5 Å². The molecule has 0 fully saturated rings. The number of nitrogen functional groups attached to an aromatic ring is 1. The van der Waals surface area contributed by atoms with Gasteiger partial charge in [0, 0.05) is 4.90 Å². The quantitative estimate of drug-likeness (QED) is 0.863. The monoisotopic (exact) mass is 345 g/mol. The molecule has 0 saturated heterocycles. The van der Waals surface area contributed by atoms with Crippen molar-refractivity contribution in [3.63, 3.8) is 0 Å². The SMILES string of the molecule is Nc1ccc(S(=O)Cc2cccc(F)c2Br)cc1F. The summed E-state index contributed by atoms with van der Waals surface area (Å²) in [4.78, 5) is 0.322. The fourth-order valence-corrected chi connectivity index (χ4v) is 3.27. The van der Waals surface area contributed by atoms with Gasteiger partial charge in [-0.25, -0.2) is 8.78 Å². The third-order valence-electron chi connectivity index (χ3n) is 2.55. The van der Waals surface area contributed by atoms with Crippen molar-refractivity contribution in [2.45, 2.75) is 10.6 Å². The maximum absolute atomic E-state index is 13.3. The predicted octanol–water partition coefficient (Wildman–Crippen LogP) is 3.62. The van der Waals surface area contributed by atoms with E-state index < -0.39 is 22.4 Å². The molecule has 0 radical (unpaired) electrons. The van der Waals surface area contributed by atoms with Gasteiger partial charge in [-0.2, -0.15) is 0 Å². The van der Waals surface area contributed by atoms with Crippen LogP contribution in [0.3, 0.4) is 0 Å². The summed E-state index contributed by atoms with van der Waals surface area (Å²) in [6.07, 6.45) is 0. The molecule has 2 nitrogen and oxygen atoms in total. The molecule has 0 aliphatic rings. The Morgan fingerprint density at radius 1 is 1.16 bits per heavy atom. The molecule has 19 heavy (non-hydrogen) atoms. The molecule has 2 aromatic carbocycles. The minimum atomic E-state index is -1.46. The summed E-state index contributed by atoms with van der Waals surface area (Å²) in [7, 11) is -1.46. The number of hydrogen-bond donors (Lipinski definition) is 1. The Labute approximate surface area is 120 Å². The lowest BCUT2D eigenvalue weighted by Gasteiger charge is -2.06. The number of rotatable bonds is 3. The highest BCUT2D eigenvalue weighted by atomic mass is 79.9. The van der Waals surface area contributed by atoms with Crippen molar-refractivity contribution in [3.8, 4) is 0 Å². The van der Waals surface area contributed by atoms with Crippen molar-refractivity contribution in [1.29, 1.82) is 0 Å². The van der Waals surface area contributed by atoms with Crippen LogP contribution in [0.15, 0.2) is 45.8 Å². The standard InChI is InChI=1S/C13H10BrF2NOS/c14-13-8(2-1-3-10(13)15)7-19(18)9-4-5-12(17)11(16)6-9/h1-6H,7,17H2. The van der Waals surface area contributed by atoms with Crippen LogP contribution in [0.25, 0.3) is 0 Å². The summed E-state index contributed by atoms with van der Waals surface area (Å²) in [5, 5.41) is 0. The molecule has 0 aliphatic heterocycles. The van der Waals surface area contributed by atoms with Crippen LogP contribution in [0.5, 0.6) is 0 Å². The lowest BCUT2D eigenvalue weighted by molar-refractivity contribution is 0.619. The molecule has 0 heterocycles. The smallest absolute Gasteiger partial charge is 0.147 e. The Bertz CT molecular complexity index is 649. The van der Waals surface area contributed by atoms with Crippen LogP contribution in [0, 0.1) is 11.6 Å². The second-order valence-electron chi connectivity index (χ2n) is 3.89.